The molecular weight excluding hydrogens is 240 g/mol. The van der Waals surface area contributed by atoms with Gasteiger partial charge in [0.25, 0.3) is 0 Å². The highest BCUT2D eigenvalue weighted by Crippen LogP contribution is 2.30. The fraction of sp³-hybridized carbons (Fsp3) is 0.154. The Hall–Kier alpha value is -2.01. The van der Waals surface area contributed by atoms with Crippen molar-refractivity contribution in [2.45, 2.75) is 6.10 Å². The first-order valence-electron chi connectivity index (χ1n) is 5.24. The van der Waals surface area contributed by atoms with Crippen LogP contribution in [0.3, 0.4) is 0 Å². The summed E-state index contributed by atoms with van der Waals surface area (Å²) in [7, 11) is 1.41. The summed E-state index contributed by atoms with van der Waals surface area (Å²) in [6.45, 7) is 0. The zero-order valence-electron chi connectivity index (χ0n) is 9.60. The molecule has 2 aromatic rings. The van der Waals surface area contributed by atoms with E-state index in [1.54, 1.807) is 0 Å². The number of aliphatic hydroxyl groups excluding tert-OH is 1. The van der Waals surface area contributed by atoms with Gasteiger partial charge in [-0.25, -0.2) is 8.78 Å². The Kier molecular flexibility index (Phi) is 3.53. The molecule has 1 aromatic carbocycles. The molecule has 0 fully saturated rings. The number of aliphatic hydroxyl groups is 1. The van der Waals surface area contributed by atoms with Gasteiger partial charge in [-0.1, -0.05) is 0 Å². The normalized spacial score (nSPS) is 12.2. The molecule has 0 aliphatic heterocycles. The molecule has 0 aliphatic rings. The van der Waals surface area contributed by atoms with Crippen LogP contribution in [0.5, 0.6) is 5.75 Å². The predicted molar refractivity (Wildman–Crippen MR) is 61.2 cm³/mol. The van der Waals surface area contributed by atoms with E-state index in [4.69, 9.17) is 4.74 Å². The number of nitrogens with zero attached hydrogens (tertiary/aromatic N) is 1. The molecule has 1 unspecified atom stereocenters. The van der Waals surface area contributed by atoms with E-state index < -0.39 is 17.7 Å². The van der Waals surface area contributed by atoms with Crippen molar-refractivity contribution in [2.75, 3.05) is 7.11 Å². The minimum absolute atomic E-state index is 0.227. The molecule has 0 saturated carbocycles. The maximum atomic E-state index is 13.2. The molecule has 0 bridgehead atoms. The first-order valence-corrected chi connectivity index (χ1v) is 5.24. The van der Waals surface area contributed by atoms with Crippen LogP contribution in [-0.2, 0) is 0 Å². The monoisotopic (exact) mass is 251 g/mol. The van der Waals surface area contributed by atoms with Crippen LogP contribution in [0.4, 0.5) is 8.78 Å². The van der Waals surface area contributed by atoms with Crippen LogP contribution in [0, 0.1) is 11.6 Å². The lowest BCUT2D eigenvalue weighted by molar-refractivity contribution is 0.213. The van der Waals surface area contributed by atoms with Gasteiger partial charge in [0.15, 0.2) is 0 Å². The van der Waals surface area contributed by atoms with Gasteiger partial charge in [-0.15, -0.1) is 0 Å². The van der Waals surface area contributed by atoms with Crippen LogP contribution >= 0.6 is 0 Å². The Morgan fingerprint density at radius 2 is 1.94 bits per heavy atom. The van der Waals surface area contributed by atoms with Gasteiger partial charge < -0.3 is 9.84 Å². The van der Waals surface area contributed by atoms with E-state index in [1.165, 1.54) is 25.4 Å². The minimum Gasteiger partial charge on any atom is -0.496 e. The molecular formula is C13H11F2NO2. The predicted octanol–water partition coefficient (Wildman–Crippen LogP) is 2.45. The summed E-state index contributed by atoms with van der Waals surface area (Å²) in [5.74, 6) is -0.746. The number of halogens is 2. The van der Waals surface area contributed by atoms with E-state index in [9.17, 15) is 13.9 Å². The SMILES string of the molecule is COc1ccc(F)cc1C(O)c1cncc(F)c1. The topological polar surface area (TPSA) is 42.4 Å². The molecule has 0 saturated heterocycles. The molecule has 18 heavy (non-hydrogen) atoms. The van der Waals surface area contributed by atoms with Gasteiger partial charge in [-0.2, -0.15) is 0 Å². The van der Waals surface area contributed by atoms with E-state index in [1.807, 2.05) is 0 Å². The van der Waals surface area contributed by atoms with E-state index in [2.05, 4.69) is 4.98 Å². The van der Waals surface area contributed by atoms with Gasteiger partial charge in [-0.05, 0) is 24.3 Å². The van der Waals surface area contributed by atoms with Crippen molar-refractivity contribution in [1.29, 1.82) is 0 Å². The molecule has 1 aromatic heterocycles. The minimum atomic E-state index is -1.20. The van der Waals surface area contributed by atoms with Gasteiger partial charge in [-0.3, -0.25) is 4.98 Å². The number of benzene rings is 1. The van der Waals surface area contributed by atoms with E-state index >= 15 is 0 Å². The van der Waals surface area contributed by atoms with Crippen LogP contribution in [0.15, 0.2) is 36.7 Å². The zero-order chi connectivity index (χ0) is 13.1. The lowest BCUT2D eigenvalue weighted by atomic mass is 10.0. The van der Waals surface area contributed by atoms with Crippen molar-refractivity contribution in [3.63, 3.8) is 0 Å². The molecule has 1 heterocycles. The Bertz CT molecular complexity index is 560. The fourth-order valence-corrected chi connectivity index (χ4v) is 1.68. The van der Waals surface area contributed by atoms with Crippen molar-refractivity contribution >= 4 is 0 Å². The maximum Gasteiger partial charge on any atom is 0.141 e. The molecule has 0 amide bonds. The lowest BCUT2D eigenvalue weighted by Gasteiger charge is -2.14. The number of methoxy groups -OCH3 is 1. The average molecular weight is 251 g/mol. The van der Waals surface area contributed by atoms with Crippen LogP contribution in [0.2, 0.25) is 0 Å². The molecule has 1 atom stereocenters. The van der Waals surface area contributed by atoms with Crippen LogP contribution in [0.1, 0.15) is 17.2 Å². The van der Waals surface area contributed by atoms with Crippen molar-refractivity contribution in [3.8, 4) is 5.75 Å². The molecule has 94 valence electrons. The van der Waals surface area contributed by atoms with Gasteiger partial charge in [0, 0.05) is 17.3 Å². The Balaban J connectivity index is 2.44. The molecule has 2 rings (SSSR count). The lowest BCUT2D eigenvalue weighted by Crippen LogP contribution is -2.04. The van der Waals surface area contributed by atoms with Crippen LogP contribution in [0.25, 0.3) is 0 Å². The van der Waals surface area contributed by atoms with E-state index in [0.717, 1.165) is 18.3 Å². The van der Waals surface area contributed by atoms with Crippen molar-refractivity contribution in [3.05, 3.63) is 59.4 Å². The smallest absolute Gasteiger partial charge is 0.141 e. The highest BCUT2D eigenvalue weighted by Gasteiger charge is 2.17. The molecule has 0 aliphatic carbocycles. The average Bonchev–Trinajstić information content (AvgIpc) is 2.38. The summed E-state index contributed by atoms with van der Waals surface area (Å²) < 4.78 is 31.2. The first-order chi connectivity index (χ1) is 8.61. The molecule has 1 N–H and O–H groups in total. The van der Waals surface area contributed by atoms with Crippen LogP contribution in [-0.4, -0.2) is 17.2 Å². The Labute approximate surface area is 103 Å². The number of hydrogen-bond acceptors (Lipinski definition) is 3. The summed E-state index contributed by atoms with van der Waals surface area (Å²) >= 11 is 0. The summed E-state index contributed by atoms with van der Waals surface area (Å²) in [6.07, 6.45) is 1.15. The fourth-order valence-electron chi connectivity index (χ4n) is 1.68. The number of ether oxygens (including phenoxy) is 1. The van der Waals surface area contributed by atoms with Crippen molar-refractivity contribution in [2.24, 2.45) is 0 Å². The second kappa shape index (κ2) is 5.10. The van der Waals surface area contributed by atoms with Gasteiger partial charge in [0.1, 0.15) is 23.5 Å². The molecule has 0 spiro atoms. The van der Waals surface area contributed by atoms with Gasteiger partial charge in [0.2, 0.25) is 0 Å². The van der Waals surface area contributed by atoms with Crippen LogP contribution < -0.4 is 4.74 Å². The zero-order valence-corrected chi connectivity index (χ0v) is 9.60. The van der Waals surface area contributed by atoms with Gasteiger partial charge in [0.05, 0.1) is 13.3 Å². The third-order valence-corrected chi connectivity index (χ3v) is 2.53. The third-order valence-electron chi connectivity index (χ3n) is 2.53. The molecule has 3 nitrogen and oxygen atoms in total. The van der Waals surface area contributed by atoms with Crippen molar-refractivity contribution < 1.29 is 18.6 Å². The van der Waals surface area contributed by atoms with E-state index in [-0.39, 0.29) is 11.1 Å². The Morgan fingerprint density at radius 1 is 1.17 bits per heavy atom. The first kappa shape index (κ1) is 12.4. The molecule has 5 heteroatoms. The summed E-state index contributed by atoms with van der Waals surface area (Å²) in [6, 6.07) is 4.91. The Morgan fingerprint density at radius 3 is 2.61 bits per heavy atom. The number of hydrogen-bond donors (Lipinski definition) is 1. The quantitative estimate of drug-likeness (QED) is 0.911. The van der Waals surface area contributed by atoms with Crippen molar-refractivity contribution in [1.82, 2.24) is 4.98 Å². The number of pyridine rings is 1. The highest BCUT2D eigenvalue weighted by molar-refractivity contribution is 5.40. The second-order valence-electron chi connectivity index (χ2n) is 3.73. The number of aromatic nitrogens is 1. The standard InChI is InChI=1S/C13H11F2NO2/c1-18-12-3-2-9(14)5-11(12)13(17)8-4-10(15)7-16-6-8/h2-7,13,17H,1H3. The van der Waals surface area contributed by atoms with E-state index in [0.29, 0.717) is 5.75 Å². The third kappa shape index (κ3) is 2.46. The summed E-state index contributed by atoms with van der Waals surface area (Å²) in [4.78, 5) is 3.64. The second-order valence-corrected chi connectivity index (χ2v) is 3.73. The maximum absolute atomic E-state index is 13.2. The number of rotatable bonds is 3. The largest absolute Gasteiger partial charge is 0.496 e. The summed E-state index contributed by atoms with van der Waals surface area (Å²) in [5.41, 5.74) is 0.462. The van der Waals surface area contributed by atoms with Gasteiger partial charge >= 0.3 is 0 Å². The summed E-state index contributed by atoms with van der Waals surface area (Å²) in [5, 5.41) is 10.1. The molecule has 0 radical (unpaired) electrons. The highest BCUT2D eigenvalue weighted by atomic mass is 19.1.